The second-order valence-electron chi connectivity index (χ2n) is 11.2. The second kappa shape index (κ2) is 10.4. The molecule has 1 aromatic heterocycles. The number of aromatic nitrogens is 2. The van der Waals surface area contributed by atoms with E-state index in [-0.39, 0.29) is 11.8 Å². The Morgan fingerprint density at radius 1 is 1.00 bits per heavy atom. The van der Waals surface area contributed by atoms with E-state index in [1.54, 1.807) is 0 Å². The van der Waals surface area contributed by atoms with Gasteiger partial charge in [0.15, 0.2) is 0 Å². The van der Waals surface area contributed by atoms with Crippen LogP contribution in [-0.4, -0.2) is 64.1 Å². The van der Waals surface area contributed by atoms with Crippen LogP contribution in [0.3, 0.4) is 0 Å². The summed E-state index contributed by atoms with van der Waals surface area (Å²) in [5, 5.41) is 4.43. The zero-order valence-electron chi connectivity index (χ0n) is 22.5. The maximum absolute atomic E-state index is 13.8. The van der Waals surface area contributed by atoms with Crippen molar-refractivity contribution in [3.05, 3.63) is 82.2 Å². The van der Waals surface area contributed by atoms with Gasteiger partial charge in [0.25, 0.3) is 5.91 Å². The number of anilines is 1. The van der Waals surface area contributed by atoms with E-state index >= 15 is 0 Å². The normalized spacial score (nSPS) is 17.9. The van der Waals surface area contributed by atoms with E-state index in [1.165, 1.54) is 25.8 Å². The van der Waals surface area contributed by atoms with Crippen molar-refractivity contribution in [1.29, 1.82) is 0 Å². The summed E-state index contributed by atoms with van der Waals surface area (Å²) in [5.74, 6) is 1.02. The molecule has 0 spiro atoms. The number of hydrogen-bond donors (Lipinski definition) is 0. The first-order valence-electron chi connectivity index (χ1n) is 14.0. The van der Waals surface area contributed by atoms with Gasteiger partial charge in [0.1, 0.15) is 0 Å². The van der Waals surface area contributed by atoms with Gasteiger partial charge in [-0.1, -0.05) is 30.7 Å². The fourth-order valence-electron chi connectivity index (χ4n) is 6.09. The van der Waals surface area contributed by atoms with E-state index in [9.17, 15) is 9.59 Å². The highest BCUT2D eigenvalue weighted by atomic mass is 16.2. The van der Waals surface area contributed by atoms with Crippen molar-refractivity contribution in [2.75, 3.05) is 37.6 Å². The number of nitrogens with zero attached hydrogens (tertiary/aromatic N) is 5. The van der Waals surface area contributed by atoms with E-state index in [0.717, 1.165) is 72.2 Å². The highest BCUT2D eigenvalue weighted by Gasteiger charge is 2.28. The molecule has 7 nitrogen and oxygen atoms in total. The number of para-hydroxylation sites is 1. The van der Waals surface area contributed by atoms with Crippen LogP contribution in [0.2, 0.25) is 0 Å². The molecule has 1 aliphatic carbocycles. The maximum Gasteiger partial charge on any atom is 0.258 e. The van der Waals surface area contributed by atoms with Gasteiger partial charge in [-0.3, -0.25) is 19.2 Å². The molecule has 3 aromatic rings. The molecule has 0 atom stereocenters. The van der Waals surface area contributed by atoms with Crippen LogP contribution in [0, 0.1) is 12.8 Å². The molecular weight excluding hydrogens is 474 g/mol. The molecule has 0 radical (unpaired) electrons. The number of amides is 2. The predicted molar refractivity (Wildman–Crippen MR) is 148 cm³/mol. The summed E-state index contributed by atoms with van der Waals surface area (Å²) in [6.07, 6.45) is 7.12. The minimum absolute atomic E-state index is 0.0299. The Balaban J connectivity index is 1.14. The molecule has 0 bridgehead atoms. The number of carbonyl (C=O) groups excluding carboxylic acids is 2. The average Bonchev–Trinajstić information content (AvgIpc) is 3.15. The third-order valence-corrected chi connectivity index (χ3v) is 8.76. The molecule has 2 fully saturated rings. The first kappa shape index (κ1) is 24.9. The lowest BCUT2D eigenvalue weighted by molar-refractivity contribution is -0.132. The quantitative estimate of drug-likeness (QED) is 0.520. The Kier molecular flexibility index (Phi) is 6.78. The Bertz CT molecular complexity index is 1350. The number of aryl methyl sites for hydroxylation is 2. The number of hydrogen-bond acceptors (Lipinski definition) is 4. The minimum atomic E-state index is -0.0299. The molecule has 198 valence electrons. The number of benzene rings is 2. The number of piperazine rings is 1. The van der Waals surface area contributed by atoms with Gasteiger partial charge in [-0.15, -0.1) is 0 Å². The van der Waals surface area contributed by atoms with Gasteiger partial charge in [-0.2, -0.15) is 5.10 Å². The van der Waals surface area contributed by atoms with Crippen molar-refractivity contribution < 1.29 is 9.59 Å². The van der Waals surface area contributed by atoms with Crippen molar-refractivity contribution in [1.82, 2.24) is 19.6 Å². The standard InChI is InChI=1S/C31H37N5O2/c1-22-16-26(11-10-24(22)18-30(37)35-14-12-34(13-15-35)20-23-6-5-7-23)31(38)36-21-27-19-32-33(2)29(27)17-25-8-3-4-9-28(25)36/h3-4,8-11,16,19,23H,5-7,12-15,17-18,20-21H2,1-2H3. The van der Waals surface area contributed by atoms with Crippen LogP contribution in [0.1, 0.15) is 57.6 Å². The highest BCUT2D eigenvalue weighted by molar-refractivity contribution is 6.06. The van der Waals surface area contributed by atoms with E-state index in [1.807, 2.05) is 71.0 Å². The largest absolute Gasteiger partial charge is 0.340 e. The Hall–Kier alpha value is -3.45. The number of carbonyl (C=O) groups is 2. The number of fused-ring (bicyclic) bond motifs is 2. The van der Waals surface area contributed by atoms with Crippen molar-refractivity contribution in [2.24, 2.45) is 13.0 Å². The summed E-state index contributed by atoms with van der Waals surface area (Å²) in [6, 6.07) is 13.9. The van der Waals surface area contributed by atoms with Gasteiger partial charge >= 0.3 is 0 Å². The van der Waals surface area contributed by atoms with Gasteiger partial charge in [0.05, 0.1) is 19.2 Å². The second-order valence-corrected chi connectivity index (χ2v) is 11.2. The van der Waals surface area contributed by atoms with Gasteiger partial charge in [0, 0.05) is 68.7 Å². The molecular formula is C31H37N5O2. The molecule has 2 aliphatic heterocycles. The van der Waals surface area contributed by atoms with Crippen LogP contribution in [0.4, 0.5) is 5.69 Å². The SMILES string of the molecule is Cc1cc(C(=O)N2Cc3cnn(C)c3Cc3ccccc32)ccc1CC(=O)N1CCN(CC2CCC2)CC1. The summed E-state index contributed by atoms with van der Waals surface area (Å²) in [7, 11) is 1.96. The molecule has 3 heterocycles. The van der Waals surface area contributed by atoms with Crippen LogP contribution in [0.25, 0.3) is 0 Å². The van der Waals surface area contributed by atoms with Gasteiger partial charge in [-0.05, 0) is 60.6 Å². The van der Waals surface area contributed by atoms with Crippen LogP contribution in [0.5, 0.6) is 0 Å². The lowest BCUT2D eigenvalue weighted by atomic mass is 9.85. The Labute approximate surface area is 225 Å². The Morgan fingerprint density at radius 3 is 2.53 bits per heavy atom. The Morgan fingerprint density at radius 2 is 1.79 bits per heavy atom. The van der Waals surface area contributed by atoms with Crippen molar-refractivity contribution in [2.45, 2.75) is 45.6 Å². The highest BCUT2D eigenvalue weighted by Crippen LogP contribution is 2.32. The van der Waals surface area contributed by atoms with Crippen LogP contribution in [-0.2, 0) is 31.2 Å². The summed E-state index contributed by atoms with van der Waals surface area (Å²) < 4.78 is 1.91. The number of rotatable bonds is 5. The zero-order valence-corrected chi connectivity index (χ0v) is 22.5. The van der Waals surface area contributed by atoms with Crippen LogP contribution < -0.4 is 4.90 Å². The van der Waals surface area contributed by atoms with Crippen molar-refractivity contribution in [3.8, 4) is 0 Å². The van der Waals surface area contributed by atoms with Gasteiger partial charge in [0.2, 0.25) is 5.91 Å². The topological polar surface area (TPSA) is 61.7 Å². The first-order chi connectivity index (χ1) is 18.5. The predicted octanol–water partition coefficient (Wildman–Crippen LogP) is 3.97. The summed E-state index contributed by atoms with van der Waals surface area (Å²) in [6.45, 7) is 7.27. The lowest BCUT2D eigenvalue weighted by Crippen LogP contribution is -2.50. The third kappa shape index (κ3) is 4.87. The van der Waals surface area contributed by atoms with Crippen LogP contribution in [0.15, 0.2) is 48.7 Å². The van der Waals surface area contributed by atoms with E-state index in [4.69, 9.17) is 0 Å². The molecule has 3 aliphatic rings. The molecule has 0 unspecified atom stereocenters. The first-order valence-corrected chi connectivity index (χ1v) is 14.0. The monoisotopic (exact) mass is 511 g/mol. The maximum atomic E-state index is 13.8. The molecule has 38 heavy (non-hydrogen) atoms. The summed E-state index contributed by atoms with van der Waals surface area (Å²) in [5.41, 5.74) is 6.90. The fourth-order valence-corrected chi connectivity index (χ4v) is 6.09. The summed E-state index contributed by atoms with van der Waals surface area (Å²) in [4.78, 5) is 33.3. The fraction of sp³-hybridized carbons (Fsp3) is 0.452. The van der Waals surface area contributed by atoms with Crippen molar-refractivity contribution >= 4 is 17.5 Å². The molecule has 2 aromatic carbocycles. The zero-order chi connectivity index (χ0) is 26.2. The van der Waals surface area contributed by atoms with E-state index < -0.39 is 0 Å². The lowest BCUT2D eigenvalue weighted by Gasteiger charge is -2.38. The molecule has 1 saturated carbocycles. The van der Waals surface area contributed by atoms with Crippen molar-refractivity contribution in [3.63, 3.8) is 0 Å². The third-order valence-electron chi connectivity index (χ3n) is 8.76. The minimum Gasteiger partial charge on any atom is -0.340 e. The molecule has 2 amide bonds. The molecule has 6 rings (SSSR count). The summed E-state index contributed by atoms with van der Waals surface area (Å²) >= 11 is 0. The smallest absolute Gasteiger partial charge is 0.258 e. The average molecular weight is 512 g/mol. The molecule has 7 heteroatoms. The van der Waals surface area contributed by atoms with Crippen LogP contribution >= 0.6 is 0 Å². The van der Waals surface area contributed by atoms with E-state index in [2.05, 4.69) is 16.1 Å². The van der Waals surface area contributed by atoms with Gasteiger partial charge < -0.3 is 9.80 Å². The van der Waals surface area contributed by atoms with E-state index in [0.29, 0.717) is 18.5 Å². The molecule has 1 saturated heterocycles. The van der Waals surface area contributed by atoms with Gasteiger partial charge in [-0.25, -0.2) is 0 Å². The molecule has 0 N–H and O–H groups in total.